The van der Waals surface area contributed by atoms with Crippen LogP contribution in [0.5, 0.6) is 5.75 Å². The highest BCUT2D eigenvalue weighted by Gasteiger charge is 2.25. The Morgan fingerprint density at radius 1 is 1.42 bits per heavy atom. The number of fused-ring (bicyclic) bond motifs is 1. The summed E-state index contributed by atoms with van der Waals surface area (Å²) in [6.07, 6.45) is 0.694. The molecule has 6 nitrogen and oxygen atoms in total. The third kappa shape index (κ3) is 3.14. The van der Waals surface area contributed by atoms with Crippen LogP contribution in [0.25, 0.3) is 0 Å². The van der Waals surface area contributed by atoms with Gasteiger partial charge >= 0.3 is 6.03 Å². The molecule has 0 spiro atoms. The summed E-state index contributed by atoms with van der Waals surface area (Å²) in [6.45, 7) is 0. The Morgan fingerprint density at radius 2 is 2.21 bits per heavy atom. The maximum Gasteiger partial charge on any atom is 0.342 e. The first kappa shape index (κ1) is 16.1. The smallest absolute Gasteiger partial charge is 0.342 e. The lowest BCUT2D eigenvalue weighted by molar-refractivity contribution is 0.251. The minimum absolute atomic E-state index is 0.0166. The second-order valence-corrected chi connectivity index (χ2v) is 5.97. The van der Waals surface area contributed by atoms with Crippen molar-refractivity contribution in [3.8, 4) is 5.75 Å². The van der Waals surface area contributed by atoms with Gasteiger partial charge < -0.3 is 21.5 Å². The number of carbonyl (C=O) groups excluding carboxylic acids is 1. The van der Waals surface area contributed by atoms with E-state index in [-0.39, 0.29) is 17.6 Å². The van der Waals surface area contributed by atoms with Gasteiger partial charge in [0.1, 0.15) is 11.6 Å². The monoisotopic (exact) mass is 344 g/mol. The fourth-order valence-electron chi connectivity index (χ4n) is 2.77. The molecular weight excluding hydrogens is 328 g/mol. The van der Waals surface area contributed by atoms with E-state index in [0.717, 1.165) is 11.1 Å². The average Bonchev–Trinajstić information content (AvgIpc) is 2.99. The minimum atomic E-state index is -0.496. The van der Waals surface area contributed by atoms with Crippen molar-refractivity contribution in [2.75, 3.05) is 12.4 Å². The molecule has 1 atom stereocenters. The Bertz CT molecular complexity index is 835. The molecular formula is C17H17ClN4O2. The molecule has 0 saturated carbocycles. The van der Waals surface area contributed by atoms with Crippen molar-refractivity contribution >= 4 is 29.2 Å². The maximum absolute atomic E-state index is 11.3. The lowest BCUT2D eigenvalue weighted by Gasteiger charge is -2.13. The number of benzene rings is 2. The molecule has 2 amide bonds. The van der Waals surface area contributed by atoms with Gasteiger partial charge in [-0.15, -0.1) is 0 Å². The molecule has 2 aromatic carbocycles. The van der Waals surface area contributed by atoms with Crippen molar-refractivity contribution < 1.29 is 9.90 Å². The van der Waals surface area contributed by atoms with E-state index in [1.54, 1.807) is 6.07 Å². The molecule has 1 aliphatic rings. The van der Waals surface area contributed by atoms with Crippen molar-refractivity contribution in [3.05, 3.63) is 58.1 Å². The normalized spacial score (nSPS) is 16.4. The molecule has 7 heteroatoms. The molecule has 0 aliphatic carbocycles. The molecule has 1 aliphatic heterocycles. The van der Waals surface area contributed by atoms with Crippen LogP contribution in [0.2, 0.25) is 5.02 Å². The number of phenols is 1. The zero-order valence-corrected chi connectivity index (χ0v) is 13.8. The number of hydrogen-bond donors (Lipinski definition) is 4. The summed E-state index contributed by atoms with van der Waals surface area (Å²) < 4.78 is 0. The van der Waals surface area contributed by atoms with E-state index in [1.807, 2.05) is 24.3 Å². The Kier molecular flexibility index (Phi) is 4.31. The highest BCUT2D eigenvalue weighted by atomic mass is 35.5. The summed E-state index contributed by atoms with van der Waals surface area (Å²) in [6, 6.07) is 10.3. The summed E-state index contributed by atoms with van der Waals surface area (Å²) in [5.41, 5.74) is 9.18. The lowest BCUT2D eigenvalue weighted by atomic mass is 10.0. The van der Waals surface area contributed by atoms with Crippen molar-refractivity contribution in [2.45, 2.75) is 12.5 Å². The highest BCUT2D eigenvalue weighted by molar-refractivity contribution is 6.31. The summed E-state index contributed by atoms with van der Waals surface area (Å²) >= 11 is 5.99. The first-order valence-corrected chi connectivity index (χ1v) is 7.80. The van der Waals surface area contributed by atoms with E-state index in [1.165, 1.54) is 13.1 Å². The molecule has 2 aromatic rings. The zero-order valence-electron chi connectivity index (χ0n) is 13.0. The zero-order chi connectivity index (χ0) is 17.3. The molecule has 0 saturated heterocycles. The topological polar surface area (TPSA) is 99.7 Å². The standard InChI is InChI=1S/C17H17ClN4O2/c1-20-17(24)22-16(19)10-4-2-3-9(5-10)13-7-11-6-12(18)8-14(23)15(11)21-13/h2-6,8,13,21,23H,7H2,1H3,(H3,19,20,22,24). The van der Waals surface area contributed by atoms with Crippen LogP contribution in [-0.2, 0) is 6.42 Å². The molecule has 124 valence electrons. The van der Waals surface area contributed by atoms with Gasteiger partial charge in [-0.05, 0) is 29.7 Å². The first-order valence-electron chi connectivity index (χ1n) is 7.42. The molecule has 0 aromatic heterocycles. The third-order valence-corrected chi connectivity index (χ3v) is 4.15. The Hall–Kier alpha value is -2.73. The molecule has 5 N–H and O–H groups in total. The fraction of sp³-hybridized carbons (Fsp3) is 0.176. The van der Waals surface area contributed by atoms with Crippen LogP contribution in [-0.4, -0.2) is 24.0 Å². The molecule has 0 radical (unpaired) electrons. The number of carbonyl (C=O) groups is 1. The van der Waals surface area contributed by atoms with Gasteiger partial charge in [0.15, 0.2) is 0 Å². The first-order chi connectivity index (χ1) is 11.5. The van der Waals surface area contributed by atoms with E-state index in [2.05, 4.69) is 15.6 Å². The molecule has 3 rings (SSSR count). The number of nitrogens with one attached hydrogen (secondary N) is 2. The maximum atomic E-state index is 11.3. The molecule has 24 heavy (non-hydrogen) atoms. The predicted octanol–water partition coefficient (Wildman–Crippen LogP) is 2.80. The fourth-order valence-corrected chi connectivity index (χ4v) is 3.00. The SMILES string of the molecule is CNC(=O)/N=C(\N)c1cccc(C2Cc3cc(Cl)cc(O)c3N2)c1. The number of nitrogens with two attached hydrogens (primary N) is 1. The number of rotatable bonds is 2. The number of phenolic OH excluding ortho intramolecular Hbond substituents is 1. The number of anilines is 1. The summed E-state index contributed by atoms with van der Waals surface area (Å²) in [7, 11) is 1.49. The molecule has 0 bridgehead atoms. The van der Waals surface area contributed by atoms with E-state index in [9.17, 15) is 9.90 Å². The quantitative estimate of drug-likeness (QED) is 0.382. The third-order valence-electron chi connectivity index (χ3n) is 3.93. The van der Waals surface area contributed by atoms with Gasteiger partial charge in [0.05, 0.1) is 11.7 Å². The number of aliphatic imine (C=N–C) groups is 1. The summed E-state index contributed by atoms with van der Waals surface area (Å²) in [5.74, 6) is 0.287. The number of urea groups is 1. The lowest BCUT2D eigenvalue weighted by Crippen LogP contribution is -2.21. The van der Waals surface area contributed by atoms with Gasteiger partial charge in [-0.3, -0.25) is 0 Å². The van der Waals surface area contributed by atoms with Gasteiger partial charge in [-0.1, -0.05) is 29.8 Å². The van der Waals surface area contributed by atoms with E-state index >= 15 is 0 Å². The van der Waals surface area contributed by atoms with Crippen LogP contribution in [0.1, 0.15) is 22.7 Å². The van der Waals surface area contributed by atoms with Crippen LogP contribution < -0.4 is 16.4 Å². The number of hydrogen-bond acceptors (Lipinski definition) is 3. The summed E-state index contributed by atoms with van der Waals surface area (Å²) in [4.78, 5) is 15.1. The van der Waals surface area contributed by atoms with Crippen molar-refractivity contribution in [3.63, 3.8) is 0 Å². The van der Waals surface area contributed by atoms with E-state index < -0.39 is 6.03 Å². The number of amides is 2. The van der Waals surface area contributed by atoms with Crippen molar-refractivity contribution in [1.29, 1.82) is 0 Å². The van der Waals surface area contributed by atoms with Crippen molar-refractivity contribution in [2.24, 2.45) is 10.7 Å². The van der Waals surface area contributed by atoms with Crippen LogP contribution in [0.4, 0.5) is 10.5 Å². The van der Waals surface area contributed by atoms with Gasteiger partial charge in [-0.25, -0.2) is 4.79 Å². The predicted molar refractivity (Wildman–Crippen MR) is 94.8 cm³/mol. The van der Waals surface area contributed by atoms with Crippen LogP contribution in [0.3, 0.4) is 0 Å². The van der Waals surface area contributed by atoms with Gasteiger partial charge in [0, 0.05) is 23.7 Å². The number of amidine groups is 1. The van der Waals surface area contributed by atoms with E-state index in [4.69, 9.17) is 17.3 Å². The van der Waals surface area contributed by atoms with Crippen LogP contribution in [0.15, 0.2) is 41.4 Å². The highest BCUT2D eigenvalue weighted by Crippen LogP contribution is 2.41. The summed E-state index contributed by atoms with van der Waals surface area (Å²) in [5, 5.41) is 16.2. The Morgan fingerprint density at radius 3 is 2.96 bits per heavy atom. The number of aromatic hydroxyl groups is 1. The Balaban J connectivity index is 1.87. The van der Waals surface area contributed by atoms with Crippen molar-refractivity contribution in [1.82, 2.24) is 5.32 Å². The van der Waals surface area contributed by atoms with E-state index in [0.29, 0.717) is 22.7 Å². The average molecular weight is 345 g/mol. The van der Waals surface area contributed by atoms with Crippen LogP contribution >= 0.6 is 11.6 Å². The molecule has 1 heterocycles. The number of halogens is 1. The Labute approximate surface area is 144 Å². The number of nitrogens with zero attached hydrogens (tertiary/aromatic N) is 1. The van der Waals surface area contributed by atoms with Crippen LogP contribution in [0, 0.1) is 0 Å². The molecule has 1 unspecified atom stereocenters. The van der Waals surface area contributed by atoms with Gasteiger partial charge in [-0.2, -0.15) is 4.99 Å². The molecule has 0 fully saturated rings. The van der Waals surface area contributed by atoms with Gasteiger partial charge in [0.2, 0.25) is 0 Å². The largest absolute Gasteiger partial charge is 0.506 e. The second-order valence-electron chi connectivity index (χ2n) is 5.54. The second kappa shape index (κ2) is 6.41. The minimum Gasteiger partial charge on any atom is -0.506 e. The van der Waals surface area contributed by atoms with Gasteiger partial charge in [0.25, 0.3) is 0 Å².